The standard InChI is InChI=1S/C21H17N5O2S2/c22-16-15(18(23)27)20(24-13-9-5-2-6-10-13)30-17(16)19(28)26-21-25-14(11-29-21)12-7-3-1-4-8-12/h1-11,24H,22H2,(H2,23,27)(H,25,26,28). The molecule has 150 valence electrons. The van der Waals surface area contributed by atoms with Crippen LogP contribution >= 0.6 is 22.7 Å². The van der Waals surface area contributed by atoms with Gasteiger partial charge in [-0.3, -0.25) is 14.9 Å². The molecule has 0 spiro atoms. The number of thiazole rings is 1. The van der Waals surface area contributed by atoms with Crippen LogP contribution in [0.25, 0.3) is 11.3 Å². The normalized spacial score (nSPS) is 10.5. The monoisotopic (exact) mass is 435 g/mol. The first-order valence-corrected chi connectivity index (χ1v) is 10.6. The van der Waals surface area contributed by atoms with Gasteiger partial charge in [-0.2, -0.15) is 0 Å². The summed E-state index contributed by atoms with van der Waals surface area (Å²) in [4.78, 5) is 29.4. The molecule has 4 aromatic rings. The zero-order valence-corrected chi connectivity index (χ0v) is 17.2. The van der Waals surface area contributed by atoms with Gasteiger partial charge in [0.15, 0.2) is 5.13 Å². The second-order valence-electron chi connectivity index (χ2n) is 6.26. The van der Waals surface area contributed by atoms with Crippen LogP contribution in [0.2, 0.25) is 0 Å². The Balaban J connectivity index is 1.59. The highest BCUT2D eigenvalue weighted by molar-refractivity contribution is 7.19. The van der Waals surface area contributed by atoms with Crippen molar-refractivity contribution < 1.29 is 9.59 Å². The van der Waals surface area contributed by atoms with Gasteiger partial charge in [-0.25, -0.2) is 4.98 Å². The molecule has 0 aliphatic rings. The molecular formula is C21H17N5O2S2. The van der Waals surface area contributed by atoms with E-state index in [1.165, 1.54) is 11.3 Å². The Morgan fingerprint density at radius 3 is 2.30 bits per heavy atom. The summed E-state index contributed by atoms with van der Waals surface area (Å²) in [5, 5.41) is 8.57. The van der Waals surface area contributed by atoms with Crippen molar-refractivity contribution in [3.63, 3.8) is 0 Å². The smallest absolute Gasteiger partial charge is 0.269 e. The van der Waals surface area contributed by atoms with E-state index >= 15 is 0 Å². The number of hydrogen-bond donors (Lipinski definition) is 4. The zero-order valence-electron chi connectivity index (χ0n) is 15.6. The molecule has 0 bridgehead atoms. The fraction of sp³-hybridized carbons (Fsp3) is 0. The maximum Gasteiger partial charge on any atom is 0.269 e. The zero-order chi connectivity index (χ0) is 21.1. The number of nitrogen functional groups attached to an aromatic ring is 1. The van der Waals surface area contributed by atoms with E-state index in [0.717, 1.165) is 28.3 Å². The second-order valence-corrected chi connectivity index (χ2v) is 8.14. The molecule has 0 unspecified atom stereocenters. The largest absolute Gasteiger partial charge is 0.397 e. The van der Waals surface area contributed by atoms with Gasteiger partial charge in [-0.15, -0.1) is 22.7 Å². The number of rotatable bonds is 6. The number of hydrogen-bond acceptors (Lipinski definition) is 7. The van der Waals surface area contributed by atoms with Gasteiger partial charge in [0.25, 0.3) is 11.8 Å². The molecule has 0 aliphatic heterocycles. The number of nitrogens with zero attached hydrogens (tertiary/aromatic N) is 1. The van der Waals surface area contributed by atoms with Crippen LogP contribution in [0.3, 0.4) is 0 Å². The van der Waals surface area contributed by atoms with E-state index < -0.39 is 11.8 Å². The van der Waals surface area contributed by atoms with E-state index in [2.05, 4.69) is 15.6 Å². The number of primary amides is 1. The van der Waals surface area contributed by atoms with Crippen LogP contribution < -0.4 is 22.1 Å². The molecule has 0 radical (unpaired) electrons. The molecule has 2 aromatic heterocycles. The molecular weight excluding hydrogens is 418 g/mol. The number of aromatic nitrogens is 1. The van der Waals surface area contributed by atoms with Gasteiger partial charge >= 0.3 is 0 Å². The lowest BCUT2D eigenvalue weighted by Crippen LogP contribution is -2.16. The summed E-state index contributed by atoms with van der Waals surface area (Å²) in [6.45, 7) is 0. The molecule has 30 heavy (non-hydrogen) atoms. The average Bonchev–Trinajstić information content (AvgIpc) is 3.34. The summed E-state index contributed by atoms with van der Waals surface area (Å²) in [6.07, 6.45) is 0. The van der Waals surface area contributed by atoms with E-state index in [9.17, 15) is 9.59 Å². The highest BCUT2D eigenvalue weighted by Crippen LogP contribution is 2.38. The lowest BCUT2D eigenvalue weighted by atomic mass is 10.2. The summed E-state index contributed by atoms with van der Waals surface area (Å²) in [6, 6.07) is 18.9. The van der Waals surface area contributed by atoms with Gasteiger partial charge in [0.2, 0.25) is 0 Å². The third kappa shape index (κ3) is 4.02. The fourth-order valence-electron chi connectivity index (χ4n) is 2.82. The Kier molecular flexibility index (Phi) is 5.46. The quantitative estimate of drug-likeness (QED) is 0.354. The maximum atomic E-state index is 12.8. The summed E-state index contributed by atoms with van der Waals surface area (Å²) >= 11 is 2.37. The molecule has 0 atom stereocenters. The van der Waals surface area contributed by atoms with Gasteiger partial charge in [0.05, 0.1) is 16.9 Å². The van der Waals surface area contributed by atoms with Crippen molar-refractivity contribution in [3.8, 4) is 11.3 Å². The molecule has 2 aromatic carbocycles. The van der Waals surface area contributed by atoms with Crippen LogP contribution in [0.1, 0.15) is 20.0 Å². The first-order chi connectivity index (χ1) is 14.5. The molecule has 2 amide bonds. The molecule has 0 saturated heterocycles. The van der Waals surface area contributed by atoms with E-state index in [1.807, 2.05) is 66.0 Å². The van der Waals surface area contributed by atoms with Gasteiger partial charge < -0.3 is 16.8 Å². The highest BCUT2D eigenvalue weighted by Gasteiger charge is 2.25. The van der Waals surface area contributed by atoms with Crippen molar-refractivity contribution in [1.29, 1.82) is 0 Å². The third-order valence-corrected chi connectivity index (χ3v) is 6.10. The number of benzene rings is 2. The summed E-state index contributed by atoms with van der Waals surface area (Å²) in [5.74, 6) is -1.16. The van der Waals surface area contributed by atoms with Crippen molar-refractivity contribution in [1.82, 2.24) is 4.98 Å². The minimum Gasteiger partial charge on any atom is -0.397 e. The van der Waals surface area contributed by atoms with Crippen molar-refractivity contribution in [2.45, 2.75) is 0 Å². The lowest BCUT2D eigenvalue weighted by Gasteiger charge is -2.05. The summed E-state index contributed by atoms with van der Waals surface area (Å²) in [5.41, 5.74) is 14.2. The fourth-order valence-corrected chi connectivity index (χ4v) is 4.58. The molecule has 4 rings (SSSR count). The topological polar surface area (TPSA) is 123 Å². The molecule has 2 heterocycles. The maximum absolute atomic E-state index is 12.8. The number of thiophene rings is 1. The van der Waals surface area contributed by atoms with E-state index in [-0.39, 0.29) is 16.1 Å². The van der Waals surface area contributed by atoms with Crippen LogP contribution in [0.5, 0.6) is 0 Å². The van der Waals surface area contributed by atoms with Crippen molar-refractivity contribution in [3.05, 3.63) is 76.5 Å². The highest BCUT2D eigenvalue weighted by atomic mass is 32.1. The Morgan fingerprint density at radius 2 is 1.63 bits per heavy atom. The van der Waals surface area contributed by atoms with Crippen molar-refractivity contribution in [2.24, 2.45) is 5.73 Å². The number of nitrogens with one attached hydrogen (secondary N) is 2. The number of anilines is 4. The van der Waals surface area contributed by atoms with Crippen LogP contribution in [0, 0.1) is 0 Å². The number of para-hydroxylation sites is 1. The van der Waals surface area contributed by atoms with Crippen LogP contribution in [-0.4, -0.2) is 16.8 Å². The molecule has 0 aliphatic carbocycles. The number of nitrogens with two attached hydrogens (primary N) is 2. The van der Waals surface area contributed by atoms with E-state index in [1.54, 1.807) is 0 Å². The first kappa shape index (κ1) is 19.6. The Hall–Kier alpha value is -3.69. The number of amides is 2. The van der Waals surface area contributed by atoms with Crippen molar-refractivity contribution >= 4 is 56.0 Å². The van der Waals surface area contributed by atoms with Gasteiger partial charge in [0, 0.05) is 16.6 Å². The Labute approximate surface area is 180 Å². The third-order valence-electron chi connectivity index (χ3n) is 4.22. The molecule has 9 heteroatoms. The average molecular weight is 436 g/mol. The van der Waals surface area contributed by atoms with Crippen LogP contribution in [0.4, 0.5) is 21.5 Å². The Bertz CT molecular complexity index is 1200. The first-order valence-electron chi connectivity index (χ1n) is 8.89. The Morgan fingerprint density at radius 1 is 0.967 bits per heavy atom. The molecule has 7 nitrogen and oxygen atoms in total. The molecule has 0 fully saturated rings. The van der Waals surface area contributed by atoms with Crippen molar-refractivity contribution in [2.75, 3.05) is 16.4 Å². The minimum absolute atomic E-state index is 0.0447. The molecule has 6 N–H and O–H groups in total. The van der Waals surface area contributed by atoms with Crippen LogP contribution in [-0.2, 0) is 0 Å². The predicted molar refractivity (Wildman–Crippen MR) is 122 cm³/mol. The predicted octanol–water partition coefficient (Wildman–Crippen LogP) is 4.55. The van der Waals surface area contributed by atoms with E-state index in [0.29, 0.717) is 10.1 Å². The minimum atomic E-state index is -0.707. The number of carbonyl (C=O) groups excluding carboxylic acids is 2. The second kappa shape index (κ2) is 8.36. The molecule has 0 saturated carbocycles. The van der Waals surface area contributed by atoms with Gasteiger partial charge in [-0.05, 0) is 12.1 Å². The van der Waals surface area contributed by atoms with Crippen LogP contribution in [0.15, 0.2) is 66.0 Å². The lowest BCUT2D eigenvalue weighted by molar-refractivity contribution is 0.100. The van der Waals surface area contributed by atoms with Gasteiger partial charge in [-0.1, -0.05) is 48.5 Å². The van der Waals surface area contributed by atoms with Gasteiger partial charge in [0.1, 0.15) is 9.88 Å². The summed E-state index contributed by atoms with van der Waals surface area (Å²) in [7, 11) is 0. The number of carbonyl (C=O) groups is 2. The SMILES string of the molecule is NC(=O)c1c(Nc2ccccc2)sc(C(=O)Nc2nc(-c3ccccc3)cs2)c1N. The summed E-state index contributed by atoms with van der Waals surface area (Å²) < 4.78 is 0. The van der Waals surface area contributed by atoms with E-state index in [4.69, 9.17) is 11.5 Å².